The number of benzene rings is 7. The molecule has 11 aromatic rings. The first kappa shape index (κ1) is 27.7. The first-order valence-corrected chi connectivity index (χ1v) is 17.7. The average Bonchev–Trinajstić information content (AvgIpc) is 3.84. The first-order valence-electron chi connectivity index (χ1n) is 17.7. The lowest BCUT2D eigenvalue weighted by Crippen LogP contribution is -1.99. The van der Waals surface area contributed by atoms with Gasteiger partial charge in [0, 0.05) is 50.6 Å². The molecule has 12 rings (SSSR count). The molecule has 0 fully saturated rings. The van der Waals surface area contributed by atoms with Crippen molar-refractivity contribution in [2.45, 2.75) is 0 Å². The van der Waals surface area contributed by atoms with Crippen molar-refractivity contribution in [2.24, 2.45) is 0 Å². The lowest BCUT2D eigenvalue weighted by molar-refractivity contribution is 1.09. The predicted molar refractivity (Wildman–Crippen MR) is 216 cm³/mol. The number of nitrogens with zero attached hydrogens (tertiary/aromatic N) is 4. The minimum Gasteiger partial charge on any atom is -0.309 e. The quantitative estimate of drug-likeness (QED) is 0.189. The van der Waals surface area contributed by atoms with Crippen molar-refractivity contribution in [1.82, 2.24) is 19.1 Å². The van der Waals surface area contributed by atoms with Crippen molar-refractivity contribution in [3.05, 3.63) is 170 Å². The Labute approximate surface area is 298 Å². The summed E-state index contributed by atoms with van der Waals surface area (Å²) in [5.41, 5.74) is 12.8. The normalized spacial score (nSPS) is 12.2. The standard InChI is InChI=1S/C48H28N4/c1-2-11-33(12-3-1)51-41-16-7-6-14-36(41)38-25-30(18-20-42(38)51)31-19-21-43-39(26-31)47-34-13-5-4-9-29(34)17-22-44(47)52(43)45-27-32-10-8-15-37-35-23-24-49-28-40(35)48(50-45)46(32)37/h1-28H. The summed E-state index contributed by atoms with van der Waals surface area (Å²) in [6.45, 7) is 0. The number of hydrogen-bond donors (Lipinski definition) is 0. The predicted octanol–water partition coefficient (Wildman–Crippen LogP) is 12.3. The summed E-state index contributed by atoms with van der Waals surface area (Å²) in [4.78, 5) is 9.92. The van der Waals surface area contributed by atoms with Crippen molar-refractivity contribution in [3.63, 3.8) is 0 Å². The van der Waals surface area contributed by atoms with Crippen LogP contribution < -0.4 is 0 Å². The molecule has 0 spiro atoms. The highest BCUT2D eigenvalue weighted by Gasteiger charge is 2.25. The minimum absolute atomic E-state index is 0.912. The number of para-hydroxylation sites is 2. The van der Waals surface area contributed by atoms with Crippen LogP contribution in [0.5, 0.6) is 0 Å². The number of pyridine rings is 2. The third-order valence-electron chi connectivity index (χ3n) is 11.1. The van der Waals surface area contributed by atoms with Crippen molar-refractivity contribution < 1.29 is 0 Å². The van der Waals surface area contributed by atoms with Crippen LogP contribution in [0.1, 0.15) is 0 Å². The van der Waals surface area contributed by atoms with E-state index in [1.54, 1.807) is 0 Å². The summed E-state index contributed by atoms with van der Waals surface area (Å²) in [5, 5.41) is 9.81. The van der Waals surface area contributed by atoms with E-state index in [9.17, 15) is 0 Å². The summed E-state index contributed by atoms with van der Waals surface area (Å²) in [5.74, 6) is 0.912. The second kappa shape index (κ2) is 10.3. The molecule has 1 aliphatic carbocycles. The van der Waals surface area contributed by atoms with Crippen LogP contribution in [0.15, 0.2) is 170 Å². The van der Waals surface area contributed by atoms with E-state index < -0.39 is 0 Å². The zero-order valence-electron chi connectivity index (χ0n) is 28.0. The van der Waals surface area contributed by atoms with Gasteiger partial charge in [0.2, 0.25) is 0 Å². The third-order valence-corrected chi connectivity index (χ3v) is 11.1. The maximum absolute atomic E-state index is 5.43. The molecule has 0 aliphatic heterocycles. The van der Waals surface area contributed by atoms with Crippen LogP contribution in [0, 0.1) is 0 Å². The molecule has 0 amide bonds. The van der Waals surface area contributed by atoms with Crippen LogP contribution in [-0.4, -0.2) is 19.1 Å². The van der Waals surface area contributed by atoms with Crippen molar-refractivity contribution in [3.8, 4) is 45.0 Å². The molecule has 1 aliphatic rings. The molecular weight excluding hydrogens is 633 g/mol. The molecule has 0 atom stereocenters. The van der Waals surface area contributed by atoms with E-state index in [-0.39, 0.29) is 0 Å². The van der Waals surface area contributed by atoms with Gasteiger partial charge in [-0.3, -0.25) is 9.55 Å². The van der Waals surface area contributed by atoms with E-state index in [1.807, 2.05) is 12.4 Å². The van der Waals surface area contributed by atoms with Gasteiger partial charge in [-0.2, -0.15) is 0 Å². The van der Waals surface area contributed by atoms with E-state index in [1.165, 1.54) is 82.1 Å². The van der Waals surface area contributed by atoms with Crippen molar-refractivity contribution in [1.29, 1.82) is 0 Å². The maximum Gasteiger partial charge on any atom is 0.138 e. The Balaban J connectivity index is 1.12. The second-order valence-corrected chi connectivity index (χ2v) is 13.8. The average molecular weight is 661 g/mol. The highest BCUT2D eigenvalue weighted by atomic mass is 15.1. The molecule has 0 saturated carbocycles. The van der Waals surface area contributed by atoms with Gasteiger partial charge >= 0.3 is 0 Å². The Bertz CT molecular complexity index is 3290. The summed E-state index contributed by atoms with van der Waals surface area (Å²) in [7, 11) is 0. The topological polar surface area (TPSA) is 35.6 Å². The Morgan fingerprint density at radius 1 is 0.404 bits per heavy atom. The number of rotatable bonds is 3. The fourth-order valence-electron chi connectivity index (χ4n) is 8.87. The highest BCUT2D eigenvalue weighted by Crippen LogP contribution is 2.47. The Kier molecular flexibility index (Phi) is 5.47. The van der Waals surface area contributed by atoms with E-state index in [0.29, 0.717) is 0 Å². The zero-order chi connectivity index (χ0) is 33.9. The summed E-state index contributed by atoms with van der Waals surface area (Å²) in [6.07, 6.45) is 3.83. The van der Waals surface area contributed by atoms with Gasteiger partial charge in [-0.05, 0) is 99.1 Å². The molecule has 4 heterocycles. The highest BCUT2D eigenvalue weighted by molar-refractivity contribution is 6.22. The molecule has 4 aromatic heterocycles. The molecule has 0 unspecified atom stereocenters. The van der Waals surface area contributed by atoms with Gasteiger partial charge in [-0.25, -0.2) is 4.98 Å². The van der Waals surface area contributed by atoms with Crippen LogP contribution in [-0.2, 0) is 0 Å². The Morgan fingerprint density at radius 3 is 2.00 bits per heavy atom. The number of hydrogen-bond acceptors (Lipinski definition) is 2. The largest absolute Gasteiger partial charge is 0.309 e. The summed E-state index contributed by atoms with van der Waals surface area (Å²) >= 11 is 0. The van der Waals surface area contributed by atoms with Gasteiger partial charge in [-0.15, -0.1) is 0 Å². The molecule has 0 radical (unpaired) electrons. The molecule has 240 valence electrons. The molecule has 52 heavy (non-hydrogen) atoms. The fraction of sp³-hybridized carbons (Fsp3) is 0. The van der Waals surface area contributed by atoms with Crippen molar-refractivity contribution in [2.75, 3.05) is 0 Å². The van der Waals surface area contributed by atoms with Crippen LogP contribution in [0.4, 0.5) is 0 Å². The van der Waals surface area contributed by atoms with E-state index in [4.69, 9.17) is 4.98 Å². The molecule has 0 N–H and O–H groups in total. The smallest absolute Gasteiger partial charge is 0.138 e. The van der Waals surface area contributed by atoms with Gasteiger partial charge in [0.15, 0.2) is 0 Å². The van der Waals surface area contributed by atoms with Gasteiger partial charge in [0.25, 0.3) is 0 Å². The van der Waals surface area contributed by atoms with E-state index in [0.717, 1.165) is 28.1 Å². The summed E-state index contributed by atoms with van der Waals surface area (Å²) in [6, 6.07) is 57.4. The molecule has 4 nitrogen and oxygen atoms in total. The van der Waals surface area contributed by atoms with Gasteiger partial charge < -0.3 is 4.57 Å². The summed E-state index contributed by atoms with van der Waals surface area (Å²) < 4.78 is 4.73. The Morgan fingerprint density at radius 2 is 1.12 bits per heavy atom. The first-order chi connectivity index (χ1) is 25.8. The molecule has 4 heteroatoms. The molecular formula is C48H28N4. The van der Waals surface area contributed by atoms with E-state index in [2.05, 4.69) is 172 Å². The van der Waals surface area contributed by atoms with Gasteiger partial charge in [0.1, 0.15) is 5.82 Å². The molecule has 0 saturated heterocycles. The lowest BCUT2D eigenvalue weighted by atomic mass is 9.99. The second-order valence-electron chi connectivity index (χ2n) is 13.8. The zero-order valence-corrected chi connectivity index (χ0v) is 28.0. The van der Waals surface area contributed by atoms with E-state index >= 15 is 0 Å². The van der Waals surface area contributed by atoms with Crippen LogP contribution in [0.2, 0.25) is 0 Å². The van der Waals surface area contributed by atoms with Crippen LogP contribution >= 0.6 is 0 Å². The van der Waals surface area contributed by atoms with Crippen molar-refractivity contribution >= 4 is 65.2 Å². The third kappa shape index (κ3) is 3.70. The molecule has 7 aromatic carbocycles. The number of fused-ring (bicyclic) bond motifs is 11. The van der Waals surface area contributed by atoms with Crippen LogP contribution in [0.3, 0.4) is 0 Å². The maximum atomic E-state index is 5.43. The van der Waals surface area contributed by atoms with Gasteiger partial charge in [0.05, 0.1) is 27.8 Å². The SMILES string of the molecule is c1ccc(-n2c3ccccc3c3cc(-c4ccc5c(c4)c4c6ccccc6ccc4n5-c4cc5cccc6c5c(n4)-c4cnccc4-6)ccc32)cc1. The minimum atomic E-state index is 0.912. The van der Waals surface area contributed by atoms with Crippen LogP contribution in [0.25, 0.3) is 110 Å². The molecule has 0 bridgehead atoms. The Hall–Kier alpha value is -7.04. The number of aromatic nitrogens is 4. The fourth-order valence-corrected chi connectivity index (χ4v) is 8.87. The monoisotopic (exact) mass is 660 g/mol. The van der Waals surface area contributed by atoms with Gasteiger partial charge in [-0.1, -0.05) is 97.1 Å². The lowest BCUT2D eigenvalue weighted by Gasteiger charge is -2.11.